The van der Waals surface area contributed by atoms with Crippen molar-refractivity contribution in [1.82, 2.24) is 4.90 Å². The van der Waals surface area contributed by atoms with Crippen molar-refractivity contribution < 1.29 is 19.1 Å². The first kappa shape index (κ1) is 21.8. The molecule has 1 aliphatic heterocycles. The first-order valence-electron chi connectivity index (χ1n) is 9.41. The maximum absolute atomic E-state index is 12.7. The van der Waals surface area contributed by atoms with E-state index in [1.807, 2.05) is 41.5 Å². The van der Waals surface area contributed by atoms with Crippen molar-refractivity contribution in [1.29, 1.82) is 0 Å². The number of esters is 1. The summed E-state index contributed by atoms with van der Waals surface area (Å²) in [4.78, 5) is 26.9. The average Bonchev–Trinajstić information content (AvgIpc) is 2.92. The molecule has 0 spiro atoms. The van der Waals surface area contributed by atoms with Gasteiger partial charge >= 0.3 is 12.1 Å². The van der Waals surface area contributed by atoms with Gasteiger partial charge in [0.05, 0.1) is 12.0 Å². The van der Waals surface area contributed by atoms with Crippen LogP contribution in [0.3, 0.4) is 0 Å². The molecule has 25 heavy (non-hydrogen) atoms. The fourth-order valence-corrected chi connectivity index (χ4v) is 2.62. The van der Waals surface area contributed by atoms with Crippen LogP contribution in [0.25, 0.3) is 0 Å². The number of carbonyl (C=O) groups is 2. The molecular formula is C20H37NO4. The Bertz CT molecular complexity index is 504. The summed E-state index contributed by atoms with van der Waals surface area (Å²) in [5.74, 6) is -0.200. The molecule has 1 unspecified atom stereocenters. The number of amides is 1. The minimum Gasteiger partial charge on any atom is -0.456 e. The van der Waals surface area contributed by atoms with Gasteiger partial charge in [-0.3, -0.25) is 4.79 Å². The van der Waals surface area contributed by atoms with Gasteiger partial charge < -0.3 is 14.4 Å². The molecule has 0 aromatic carbocycles. The van der Waals surface area contributed by atoms with Crippen molar-refractivity contribution in [2.24, 2.45) is 10.8 Å². The van der Waals surface area contributed by atoms with Crippen molar-refractivity contribution in [2.45, 2.75) is 92.8 Å². The second-order valence-electron chi connectivity index (χ2n) is 9.52. The van der Waals surface area contributed by atoms with Crippen LogP contribution in [0.2, 0.25) is 0 Å². The Kier molecular flexibility index (Phi) is 6.24. The normalized spacial score (nSPS) is 22.0. The average molecular weight is 356 g/mol. The van der Waals surface area contributed by atoms with Crippen LogP contribution in [0.15, 0.2) is 0 Å². The predicted molar refractivity (Wildman–Crippen MR) is 99.4 cm³/mol. The Hall–Kier alpha value is -1.26. The standard InChI is InChI=1S/C20H37NO4/c1-10-18(6,7)15(22)24-20(17(3,4)5)12-13-21(14-20)16(23)25-19(8,9)11-2/h10-14H2,1-9H3. The smallest absolute Gasteiger partial charge is 0.410 e. The highest BCUT2D eigenvalue weighted by Crippen LogP contribution is 2.43. The number of rotatable bonds is 5. The number of carbonyl (C=O) groups excluding carboxylic acids is 2. The van der Waals surface area contributed by atoms with Crippen LogP contribution in [-0.4, -0.2) is 41.3 Å². The molecule has 146 valence electrons. The van der Waals surface area contributed by atoms with E-state index in [0.29, 0.717) is 25.9 Å². The maximum Gasteiger partial charge on any atom is 0.410 e. The van der Waals surface area contributed by atoms with Gasteiger partial charge in [0.15, 0.2) is 0 Å². The lowest BCUT2D eigenvalue weighted by molar-refractivity contribution is -0.181. The summed E-state index contributed by atoms with van der Waals surface area (Å²) < 4.78 is 11.7. The zero-order valence-electron chi connectivity index (χ0n) is 17.6. The van der Waals surface area contributed by atoms with E-state index >= 15 is 0 Å². The minimum atomic E-state index is -0.689. The molecule has 1 atom stereocenters. The first-order valence-corrected chi connectivity index (χ1v) is 9.41. The summed E-state index contributed by atoms with van der Waals surface area (Å²) in [6.45, 7) is 18.7. The Labute approximate surface area is 153 Å². The lowest BCUT2D eigenvalue weighted by Crippen LogP contribution is -2.51. The molecule has 1 saturated heterocycles. The van der Waals surface area contributed by atoms with Crippen molar-refractivity contribution in [3.05, 3.63) is 0 Å². The van der Waals surface area contributed by atoms with Crippen molar-refractivity contribution in [3.63, 3.8) is 0 Å². The molecule has 1 rings (SSSR count). The fourth-order valence-electron chi connectivity index (χ4n) is 2.62. The maximum atomic E-state index is 12.7. The summed E-state index contributed by atoms with van der Waals surface area (Å²) >= 11 is 0. The molecule has 0 aromatic heterocycles. The minimum absolute atomic E-state index is 0.200. The largest absolute Gasteiger partial charge is 0.456 e. The van der Waals surface area contributed by atoms with Gasteiger partial charge in [-0.2, -0.15) is 0 Å². The second kappa shape index (κ2) is 7.16. The van der Waals surface area contributed by atoms with E-state index in [9.17, 15) is 9.59 Å². The zero-order chi connectivity index (χ0) is 19.7. The van der Waals surface area contributed by atoms with E-state index < -0.39 is 16.6 Å². The number of ether oxygens (including phenoxy) is 2. The summed E-state index contributed by atoms with van der Waals surface area (Å²) in [5, 5.41) is 0. The number of likely N-dealkylation sites (tertiary alicyclic amines) is 1. The lowest BCUT2D eigenvalue weighted by Gasteiger charge is -2.42. The molecule has 0 N–H and O–H groups in total. The first-order chi connectivity index (χ1) is 11.2. The fraction of sp³-hybridized carbons (Fsp3) is 0.900. The van der Waals surface area contributed by atoms with Gasteiger partial charge in [-0.05, 0) is 40.5 Å². The van der Waals surface area contributed by atoms with Crippen LogP contribution >= 0.6 is 0 Å². The van der Waals surface area contributed by atoms with Crippen LogP contribution in [0.1, 0.15) is 81.6 Å². The Morgan fingerprint density at radius 1 is 1.00 bits per heavy atom. The van der Waals surface area contributed by atoms with Crippen LogP contribution in [0.5, 0.6) is 0 Å². The third kappa shape index (κ3) is 4.89. The van der Waals surface area contributed by atoms with Crippen molar-refractivity contribution in [3.8, 4) is 0 Å². The third-order valence-corrected chi connectivity index (χ3v) is 5.80. The highest BCUT2D eigenvalue weighted by atomic mass is 16.6. The van der Waals surface area contributed by atoms with Crippen molar-refractivity contribution >= 4 is 12.1 Å². The summed E-state index contributed by atoms with van der Waals surface area (Å²) in [6, 6.07) is 0. The highest BCUT2D eigenvalue weighted by molar-refractivity contribution is 5.76. The summed E-state index contributed by atoms with van der Waals surface area (Å²) in [6.07, 6.45) is 1.76. The molecular weight excluding hydrogens is 318 g/mol. The van der Waals surface area contributed by atoms with E-state index in [2.05, 4.69) is 20.8 Å². The number of hydrogen-bond acceptors (Lipinski definition) is 4. The van der Waals surface area contributed by atoms with E-state index in [-0.39, 0.29) is 17.5 Å². The number of hydrogen-bond donors (Lipinski definition) is 0. The topological polar surface area (TPSA) is 55.8 Å². The van der Waals surface area contributed by atoms with Crippen LogP contribution < -0.4 is 0 Å². The Morgan fingerprint density at radius 2 is 1.56 bits per heavy atom. The van der Waals surface area contributed by atoms with Gasteiger partial charge in [0.2, 0.25) is 0 Å². The van der Waals surface area contributed by atoms with E-state index in [1.165, 1.54) is 0 Å². The van der Waals surface area contributed by atoms with Crippen molar-refractivity contribution in [2.75, 3.05) is 13.1 Å². The summed E-state index contributed by atoms with van der Waals surface area (Å²) in [7, 11) is 0. The molecule has 1 aliphatic rings. The van der Waals surface area contributed by atoms with Gasteiger partial charge in [-0.15, -0.1) is 0 Å². The summed E-state index contributed by atoms with van der Waals surface area (Å²) in [5.41, 5.74) is -1.99. The van der Waals surface area contributed by atoms with Crippen LogP contribution in [-0.2, 0) is 14.3 Å². The highest BCUT2D eigenvalue weighted by Gasteiger charge is 2.53. The van der Waals surface area contributed by atoms with Crippen LogP contribution in [0, 0.1) is 10.8 Å². The number of nitrogens with zero attached hydrogens (tertiary/aromatic N) is 1. The van der Waals surface area contributed by atoms with Gasteiger partial charge in [0.25, 0.3) is 0 Å². The molecule has 5 nitrogen and oxygen atoms in total. The second-order valence-corrected chi connectivity index (χ2v) is 9.52. The van der Waals surface area contributed by atoms with E-state index in [4.69, 9.17) is 9.47 Å². The van der Waals surface area contributed by atoms with Crippen LogP contribution in [0.4, 0.5) is 4.79 Å². The van der Waals surface area contributed by atoms with Gasteiger partial charge in [0.1, 0.15) is 11.2 Å². The molecule has 0 saturated carbocycles. The zero-order valence-corrected chi connectivity index (χ0v) is 17.6. The molecule has 0 radical (unpaired) electrons. The monoisotopic (exact) mass is 355 g/mol. The quantitative estimate of drug-likeness (QED) is 0.666. The third-order valence-electron chi connectivity index (χ3n) is 5.80. The Morgan fingerprint density at radius 3 is 2.00 bits per heavy atom. The molecule has 0 aliphatic carbocycles. The molecule has 5 heteroatoms. The van der Waals surface area contributed by atoms with Gasteiger partial charge in [-0.25, -0.2) is 4.79 Å². The van der Waals surface area contributed by atoms with Gasteiger partial charge in [0, 0.05) is 18.4 Å². The molecule has 0 bridgehead atoms. The SMILES string of the molecule is CCC(C)(C)OC(=O)N1CCC(OC(=O)C(C)(C)CC)(C(C)(C)C)C1. The molecule has 1 fully saturated rings. The molecule has 0 aromatic rings. The molecule has 1 heterocycles. The van der Waals surface area contributed by atoms with E-state index in [0.717, 1.165) is 6.42 Å². The Balaban J connectivity index is 2.97. The van der Waals surface area contributed by atoms with E-state index in [1.54, 1.807) is 4.90 Å². The predicted octanol–water partition coefficient (Wildman–Crippen LogP) is 4.78. The lowest BCUT2D eigenvalue weighted by atomic mass is 9.75. The van der Waals surface area contributed by atoms with Gasteiger partial charge in [-0.1, -0.05) is 34.6 Å². The molecule has 1 amide bonds.